The van der Waals surface area contributed by atoms with E-state index >= 15 is 0 Å². The van der Waals surface area contributed by atoms with Gasteiger partial charge in [0.2, 0.25) is 0 Å². The molecular weight excluding hydrogens is 173 g/mol. The first-order valence-corrected chi connectivity index (χ1v) is 3.67. The Hall–Kier alpha value is -0.580. The molecule has 5 heteroatoms. The second-order valence-corrected chi connectivity index (χ2v) is 3.03. The Morgan fingerprint density at radius 2 is 2.08 bits per heavy atom. The third-order valence-corrected chi connectivity index (χ3v) is 2.07. The molecular formula is C7H9F3O2. The van der Waals surface area contributed by atoms with Crippen LogP contribution in [0.15, 0.2) is 0 Å². The lowest BCUT2D eigenvalue weighted by molar-refractivity contribution is -0.218. The lowest BCUT2D eigenvalue weighted by Gasteiger charge is -2.19. The molecule has 0 aromatic heterocycles. The van der Waals surface area contributed by atoms with Gasteiger partial charge in [-0.3, -0.25) is 4.79 Å². The normalized spacial score (nSPS) is 27.7. The fourth-order valence-electron chi connectivity index (χ4n) is 1.38. The first-order valence-electron chi connectivity index (χ1n) is 3.67. The Labute approximate surface area is 67.4 Å². The quantitative estimate of drug-likeness (QED) is 0.663. The highest BCUT2D eigenvalue weighted by Crippen LogP contribution is 2.33. The topological polar surface area (TPSA) is 37.3 Å². The molecule has 0 bridgehead atoms. The van der Waals surface area contributed by atoms with Crippen LogP contribution in [0.2, 0.25) is 0 Å². The monoisotopic (exact) mass is 182 g/mol. The molecule has 0 amide bonds. The minimum absolute atomic E-state index is 0.138. The van der Waals surface area contributed by atoms with Gasteiger partial charge in [0.25, 0.3) is 0 Å². The maximum Gasteiger partial charge on any atom is 0.414 e. The standard InChI is InChI=1S/C7H9F3O2/c8-7(9,10)6(12)4-1-2-5(11)3-4/h4,6,12H,1-3H2/t4-,6?/m0/s1. The number of alkyl halides is 3. The fourth-order valence-corrected chi connectivity index (χ4v) is 1.38. The van der Waals surface area contributed by atoms with Crippen LogP contribution >= 0.6 is 0 Å². The highest BCUT2D eigenvalue weighted by atomic mass is 19.4. The number of rotatable bonds is 1. The Morgan fingerprint density at radius 1 is 1.50 bits per heavy atom. The van der Waals surface area contributed by atoms with Crippen molar-refractivity contribution < 1.29 is 23.1 Å². The maximum atomic E-state index is 11.9. The first-order chi connectivity index (χ1) is 5.41. The summed E-state index contributed by atoms with van der Waals surface area (Å²) in [5.74, 6) is -1.11. The van der Waals surface area contributed by atoms with E-state index < -0.39 is 18.2 Å². The minimum atomic E-state index is -4.59. The van der Waals surface area contributed by atoms with Gasteiger partial charge in [-0.2, -0.15) is 13.2 Å². The van der Waals surface area contributed by atoms with E-state index in [-0.39, 0.29) is 25.0 Å². The van der Waals surface area contributed by atoms with Gasteiger partial charge in [-0.15, -0.1) is 0 Å². The van der Waals surface area contributed by atoms with E-state index in [0.29, 0.717) is 0 Å². The van der Waals surface area contributed by atoms with Gasteiger partial charge in [0.15, 0.2) is 6.10 Å². The molecule has 1 aliphatic rings. The van der Waals surface area contributed by atoms with E-state index in [4.69, 9.17) is 5.11 Å². The van der Waals surface area contributed by atoms with Crippen molar-refractivity contribution in [1.29, 1.82) is 0 Å². The minimum Gasteiger partial charge on any atom is -0.383 e. The van der Waals surface area contributed by atoms with Crippen molar-refractivity contribution in [3.8, 4) is 0 Å². The van der Waals surface area contributed by atoms with E-state index in [1.807, 2.05) is 0 Å². The molecule has 0 spiro atoms. The SMILES string of the molecule is O=C1CC[C@H](C(O)C(F)(F)F)C1. The Bertz CT molecular complexity index is 188. The number of Topliss-reactive ketones (excluding diaryl/α,β-unsaturated/α-hetero) is 1. The molecule has 1 fully saturated rings. The number of carbonyl (C=O) groups excluding carboxylic acids is 1. The number of hydrogen-bond acceptors (Lipinski definition) is 2. The summed E-state index contributed by atoms with van der Waals surface area (Å²) in [4.78, 5) is 10.6. The van der Waals surface area contributed by atoms with Gasteiger partial charge in [-0.1, -0.05) is 0 Å². The van der Waals surface area contributed by atoms with Gasteiger partial charge in [0, 0.05) is 18.8 Å². The molecule has 70 valence electrons. The molecule has 12 heavy (non-hydrogen) atoms. The molecule has 2 nitrogen and oxygen atoms in total. The molecule has 0 aliphatic heterocycles. The number of hydrogen-bond donors (Lipinski definition) is 1. The van der Waals surface area contributed by atoms with Crippen molar-refractivity contribution in [3.63, 3.8) is 0 Å². The maximum absolute atomic E-state index is 11.9. The third kappa shape index (κ3) is 1.97. The van der Waals surface area contributed by atoms with Crippen LogP contribution in [0.1, 0.15) is 19.3 Å². The lowest BCUT2D eigenvalue weighted by atomic mass is 10.0. The third-order valence-electron chi connectivity index (χ3n) is 2.07. The van der Waals surface area contributed by atoms with E-state index in [9.17, 15) is 18.0 Å². The van der Waals surface area contributed by atoms with Gasteiger partial charge < -0.3 is 5.11 Å². The van der Waals surface area contributed by atoms with Crippen LogP contribution in [-0.4, -0.2) is 23.2 Å². The number of aliphatic hydroxyl groups excluding tert-OH is 1. The summed E-state index contributed by atoms with van der Waals surface area (Å²) in [6.07, 6.45) is -6.74. The predicted molar refractivity (Wildman–Crippen MR) is 34.4 cm³/mol. The van der Waals surface area contributed by atoms with Gasteiger partial charge in [0.05, 0.1) is 0 Å². The molecule has 0 aromatic carbocycles. The van der Waals surface area contributed by atoms with Crippen molar-refractivity contribution >= 4 is 5.78 Å². The van der Waals surface area contributed by atoms with E-state index in [0.717, 1.165) is 0 Å². The highest BCUT2D eigenvalue weighted by Gasteiger charge is 2.45. The van der Waals surface area contributed by atoms with Crippen LogP contribution in [0.25, 0.3) is 0 Å². The van der Waals surface area contributed by atoms with Gasteiger partial charge in [0.1, 0.15) is 5.78 Å². The van der Waals surface area contributed by atoms with Gasteiger partial charge >= 0.3 is 6.18 Å². The van der Waals surface area contributed by atoms with Crippen molar-refractivity contribution in [1.82, 2.24) is 0 Å². The summed E-state index contributed by atoms with van der Waals surface area (Å²) < 4.78 is 35.6. The van der Waals surface area contributed by atoms with E-state index in [1.165, 1.54) is 0 Å². The molecule has 1 N–H and O–H groups in total. The first kappa shape index (κ1) is 9.51. The summed E-state index contributed by atoms with van der Waals surface area (Å²) in [6, 6.07) is 0. The summed E-state index contributed by atoms with van der Waals surface area (Å²) in [5, 5.41) is 8.73. The second-order valence-electron chi connectivity index (χ2n) is 3.03. The molecule has 0 saturated heterocycles. The number of carbonyl (C=O) groups is 1. The summed E-state index contributed by atoms with van der Waals surface area (Å²) in [5.41, 5.74) is 0. The van der Waals surface area contributed by atoms with Crippen LogP contribution < -0.4 is 0 Å². The Kier molecular flexibility index (Phi) is 2.41. The molecule has 1 unspecified atom stereocenters. The zero-order valence-electron chi connectivity index (χ0n) is 6.27. The van der Waals surface area contributed by atoms with Gasteiger partial charge in [-0.05, 0) is 6.42 Å². The predicted octanol–water partition coefficient (Wildman–Crippen LogP) is 1.28. The fraction of sp³-hybridized carbons (Fsp3) is 0.857. The summed E-state index contributed by atoms with van der Waals surface area (Å²) in [7, 11) is 0. The van der Waals surface area contributed by atoms with Crippen LogP contribution in [-0.2, 0) is 4.79 Å². The Balaban J connectivity index is 2.54. The van der Waals surface area contributed by atoms with Crippen LogP contribution in [0.3, 0.4) is 0 Å². The molecule has 1 saturated carbocycles. The van der Waals surface area contributed by atoms with Crippen LogP contribution in [0.4, 0.5) is 13.2 Å². The smallest absolute Gasteiger partial charge is 0.383 e. The molecule has 0 radical (unpaired) electrons. The molecule has 0 aromatic rings. The van der Waals surface area contributed by atoms with Crippen molar-refractivity contribution in [2.75, 3.05) is 0 Å². The van der Waals surface area contributed by atoms with Crippen molar-refractivity contribution in [2.45, 2.75) is 31.5 Å². The van der Waals surface area contributed by atoms with Crippen molar-refractivity contribution in [2.24, 2.45) is 5.92 Å². The summed E-state index contributed by atoms with van der Waals surface area (Å²) >= 11 is 0. The van der Waals surface area contributed by atoms with Crippen LogP contribution in [0, 0.1) is 5.92 Å². The molecule has 0 heterocycles. The average molecular weight is 182 g/mol. The number of halogens is 3. The largest absolute Gasteiger partial charge is 0.414 e. The van der Waals surface area contributed by atoms with Crippen LogP contribution in [0.5, 0.6) is 0 Å². The van der Waals surface area contributed by atoms with Gasteiger partial charge in [-0.25, -0.2) is 0 Å². The second kappa shape index (κ2) is 3.05. The highest BCUT2D eigenvalue weighted by molar-refractivity contribution is 5.80. The molecule has 1 aliphatic carbocycles. The zero-order chi connectivity index (χ0) is 9.35. The lowest BCUT2D eigenvalue weighted by Crippen LogP contribution is -2.34. The number of aliphatic hydroxyl groups is 1. The average Bonchev–Trinajstić information content (AvgIpc) is 2.32. The molecule has 1 rings (SSSR count). The van der Waals surface area contributed by atoms with Crippen molar-refractivity contribution in [3.05, 3.63) is 0 Å². The number of ketones is 1. The molecule has 2 atom stereocenters. The van der Waals surface area contributed by atoms with E-state index in [2.05, 4.69) is 0 Å². The summed E-state index contributed by atoms with van der Waals surface area (Å²) in [6.45, 7) is 0. The Morgan fingerprint density at radius 3 is 2.42 bits per heavy atom. The zero-order valence-corrected chi connectivity index (χ0v) is 6.27. The van der Waals surface area contributed by atoms with E-state index in [1.54, 1.807) is 0 Å².